The van der Waals surface area contributed by atoms with E-state index in [2.05, 4.69) is 43.2 Å². The number of hydrogen-bond donors (Lipinski definition) is 2. The molecule has 1 saturated carbocycles. The number of nitrogens with one attached hydrogen (secondary N) is 2. The maximum atomic E-state index is 4.24. The highest BCUT2D eigenvalue weighted by Crippen LogP contribution is 2.28. The van der Waals surface area contributed by atoms with Crippen LogP contribution in [0.5, 0.6) is 0 Å². The summed E-state index contributed by atoms with van der Waals surface area (Å²) < 4.78 is 0. The first-order valence-corrected chi connectivity index (χ1v) is 6.80. The molecule has 0 bridgehead atoms. The summed E-state index contributed by atoms with van der Waals surface area (Å²) in [5, 5.41) is 11.0. The average molecular weight is 235 g/mol. The fraction of sp³-hybridized carbons (Fsp3) is 0.786. The normalized spacial score (nSPS) is 29.5. The fourth-order valence-corrected chi connectivity index (χ4v) is 3.19. The van der Waals surface area contributed by atoms with Gasteiger partial charge in [0.2, 0.25) is 0 Å². The average Bonchev–Trinajstić information content (AvgIpc) is 2.55. The summed E-state index contributed by atoms with van der Waals surface area (Å²) in [6, 6.07) is 0.683. The molecule has 1 aliphatic rings. The molecule has 0 amide bonds. The zero-order valence-corrected chi connectivity index (χ0v) is 11.5. The van der Waals surface area contributed by atoms with Crippen LogP contribution in [0.4, 0.5) is 0 Å². The lowest BCUT2D eigenvalue weighted by Crippen LogP contribution is -2.36. The van der Waals surface area contributed by atoms with Crippen LogP contribution in [0.3, 0.4) is 0 Å². The largest absolute Gasteiger partial charge is 0.310 e. The summed E-state index contributed by atoms with van der Waals surface area (Å²) in [4.78, 5) is 0. The molecule has 0 saturated heterocycles. The van der Waals surface area contributed by atoms with Gasteiger partial charge in [-0.2, -0.15) is 5.10 Å². The van der Waals surface area contributed by atoms with Gasteiger partial charge >= 0.3 is 0 Å². The Morgan fingerprint density at radius 3 is 2.35 bits per heavy atom. The molecule has 17 heavy (non-hydrogen) atoms. The van der Waals surface area contributed by atoms with Gasteiger partial charge in [-0.3, -0.25) is 5.10 Å². The lowest BCUT2D eigenvalue weighted by atomic mass is 9.80. The Morgan fingerprint density at radius 2 is 1.82 bits per heavy atom. The molecule has 1 aromatic heterocycles. The van der Waals surface area contributed by atoms with Gasteiger partial charge in [0.15, 0.2) is 0 Å². The van der Waals surface area contributed by atoms with Gasteiger partial charge in [-0.1, -0.05) is 13.8 Å². The Balaban J connectivity index is 1.90. The van der Waals surface area contributed by atoms with Crippen molar-refractivity contribution >= 4 is 0 Å². The SMILES string of the molecule is Cc1n[nH]c(C)c1CNC1CC(C)CC(C)C1. The van der Waals surface area contributed by atoms with Crippen LogP contribution < -0.4 is 5.32 Å². The second kappa shape index (κ2) is 5.21. The zero-order valence-electron chi connectivity index (χ0n) is 11.5. The second-order valence-corrected chi connectivity index (χ2v) is 5.91. The first-order valence-electron chi connectivity index (χ1n) is 6.80. The van der Waals surface area contributed by atoms with Crippen LogP contribution >= 0.6 is 0 Å². The van der Waals surface area contributed by atoms with E-state index < -0.39 is 0 Å². The monoisotopic (exact) mass is 235 g/mol. The van der Waals surface area contributed by atoms with Gasteiger partial charge in [-0.25, -0.2) is 0 Å². The zero-order chi connectivity index (χ0) is 12.4. The van der Waals surface area contributed by atoms with Crippen molar-refractivity contribution in [1.29, 1.82) is 0 Å². The van der Waals surface area contributed by atoms with Crippen molar-refractivity contribution in [2.45, 2.75) is 59.5 Å². The summed E-state index contributed by atoms with van der Waals surface area (Å²) >= 11 is 0. The number of aromatic amines is 1. The fourth-order valence-electron chi connectivity index (χ4n) is 3.19. The molecule has 3 heteroatoms. The Hall–Kier alpha value is -0.830. The van der Waals surface area contributed by atoms with Crippen molar-refractivity contribution in [3.05, 3.63) is 17.0 Å². The van der Waals surface area contributed by atoms with Crippen LogP contribution in [-0.4, -0.2) is 16.2 Å². The topological polar surface area (TPSA) is 40.7 Å². The molecule has 1 aliphatic carbocycles. The second-order valence-electron chi connectivity index (χ2n) is 5.91. The third kappa shape index (κ3) is 3.09. The van der Waals surface area contributed by atoms with E-state index in [4.69, 9.17) is 0 Å². The van der Waals surface area contributed by atoms with Crippen LogP contribution in [0.1, 0.15) is 50.1 Å². The standard InChI is InChI=1S/C14H25N3/c1-9-5-10(2)7-13(6-9)15-8-14-11(3)16-17-12(14)4/h9-10,13,15H,5-8H2,1-4H3,(H,16,17). The Kier molecular flexibility index (Phi) is 3.87. The molecule has 2 N–H and O–H groups in total. The number of nitrogens with zero attached hydrogens (tertiary/aromatic N) is 1. The van der Waals surface area contributed by atoms with E-state index >= 15 is 0 Å². The van der Waals surface area contributed by atoms with Crippen molar-refractivity contribution in [3.8, 4) is 0 Å². The van der Waals surface area contributed by atoms with Crippen molar-refractivity contribution in [2.75, 3.05) is 0 Å². The van der Waals surface area contributed by atoms with Gasteiger partial charge in [0.05, 0.1) is 5.69 Å². The summed E-state index contributed by atoms with van der Waals surface area (Å²) in [6.07, 6.45) is 4.03. The summed E-state index contributed by atoms with van der Waals surface area (Å²) in [5.74, 6) is 1.73. The van der Waals surface area contributed by atoms with Gasteiger partial charge < -0.3 is 5.32 Å². The third-order valence-electron chi connectivity index (χ3n) is 4.03. The number of hydrogen-bond acceptors (Lipinski definition) is 2. The van der Waals surface area contributed by atoms with Crippen LogP contribution in [0, 0.1) is 25.7 Å². The molecule has 0 aromatic carbocycles. The van der Waals surface area contributed by atoms with Crippen LogP contribution in [0.25, 0.3) is 0 Å². The molecule has 1 aromatic rings. The van der Waals surface area contributed by atoms with Crippen molar-refractivity contribution in [1.82, 2.24) is 15.5 Å². The number of H-pyrrole nitrogens is 1. The van der Waals surface area contributed by atoms with Crippen molar-refractivity contribution in [3.63, 3.8) is 0 Å². The molecule has 1 fully saturated rings. The van der Waals surface area contributed by atoms with Gasteiger partial charge in [-0.05, 0) is 44.9 Å². The summed E-state index contributed by atoms with van der Waals surface area (Å²) in [7, 11) is 0. The molecule has 2 rings (SSSR count). The van der Waals surface area contributed by atoms with Gasteiger partial charge in [0.1, 0.15) is 0 Å². The van der Waals surface area contributed by atoms with E-state index in [1.54, 1.807) is 0 Å². The predicted molar refractivity (Wildman–Crippen MR) is 70.9 cm³/mol. The molecule has 1 heterocycles. The first kappa shape index (κ1) is 12.6. The van der Waals surface area contributed by atoms with E-state index in [1.807, 2.05) is 0 Å². The molecule has 0 spiro atoms. The van der Waals surface area contributed by atoms with Gasteiger partial charge in [0.25, 0.3) is 0 Å². The molecule has 96 valence electrons. The maximum Gasteiger partial charge on any atom is 0.0638 e. The van der Waals surface area contributed by atoms with Crippen LogP contribution in [0.2, 0.25) is 0 Å². The Bertz CT molecular complexity index is 340. The lowest BCUT2D eigenvalue weighted by Gasteiger charge is -2.32. The van der Waals surface area contributed by atoms with Crippen molar-refractivity contribution < 1.29 is 0 Å². The molecule has 3 nitrogen and oxygen atoms in total. The van der Waals surface area contributed by atoms with Crippen LogP contribution in [0.15, 0.2) is 0 Å². The predicted octanol–water partition coefficient (Wildman–Crippen LogP) is 2.94. The number of aromatic nitrogens is 2. The minimum atomic E-state index is 0.683. The smallest absolute Gasteiger partial charge is 0.0638 e. The highest BCUT2D eigenvalue weighted by atomic mass is 15.1. The summed E-state index contributed by atoms with van der Waals surface area (Å²) in [6.45, 7) is 9.88. The number of rotatable bonds is 3. The Morgan fingerprint density at radius 1 is 1.18 bits per heavy atom. The highest BCUT2D eigenvalue weighted by Gasteiger charge is 2.23. The highest BCUT2D eigenvalue weighted by molar-refractivity contribution is 5.22. The number of aryl methyl sites for hydroxylation is 2. The summed E-state index contributed by atoms with van der Waals surface area (Å²) in [5.41, 5.74) is 3.68. The van der Waals surface area contributed by atoms with Gasteiger partial charge in [-0.15, -0.1) is 0 Å². The van der Waals surface area contributed by atoms with E-state index in [9.17, 15) is 0 Å². The molecule has 2 unspecified atom stereocenters. The van der Waals surface area contributed by atoms with E-state index in [-0.39, 0.29) is 0 Å². The maximum absolute atomic E-state index is 4.24. The van der Waals surface area contributed by atoms with E-state index in [1.165, 1.54) is 30.5 Å². The third-order valence-corrected chi connectivity index (χ3v) is 4.03. The van der Waals surface area contributed by atoms with Crippen LogP contribution in [-0.2, 0) is 6.54 Å². The first-order chi connectivity index (χ1) is 8.06. The van der Waals surface area contributed by atoms with Crippen molar-refractivity contribution in [2.24, 2.45) is 11.8 Å². The lowest BCUT2D eigenvalue weighted by molar-refractivity contribution is 0.238. The molecule has 0 radical (unpaired) electrons. The molecular formula is C14H25N3. The van der Waals surface area contributed by atoms with E-state index in [0.29, 0.717) is 6.04 Å². The van der Waals surface area contributed by atoms with Gasteiger partial charge in [0, 0.05) is 23.8 Å². The quantitative estimate of drug-likeness (QED) is 0.845. The minimum Gasteiger partial charge on any atom is -0.310 e. The van der Waals surface area contributed by atoms with E-state index in [0.717, 1.165) is 24.1 Å². The molecular weight excluding hydrogens is 210 g/mol. The molecule has 2 atom stereocenters. The minimum absolute atomic E-state index is 0.683. The molecule has 0 aliphatic heterocycles. The Labute approximate surface area is 104 Å².